The Bertz CT molecular complexity index is 231. The highest BCUT2D eigenvalue weighted by atomic mass is 16.5. The molecule has 106 valence electrons. The number of likely N-dealkylation sites (N-methyl/N-ethyl adjacent to an activating group) is 1. The fraction of sp³-hybridized carbons (Fsp3) is 1.00. The minimum atomic E-state index is 0.360. The highest BCUT2D eigenvalue weighted by Gasteiger charge is 2.24. The van der Waals surface area contributed by atoms with Gasteiger partial charge in [-0.3, -0.25) is 4.90 Å². The Hall–Kier alpha value is -0.120. The van der Waals surface area contributed by atoms with Gasteiger partial charge in [0.25, 0.3) is 0 Å². The number of nitrogens with two attached hydrogens (primary N) is 1. The molecule has 0 aromatic rings. The first-order chi connectivity index (χ1) is 8.77. The number of hydrogen-bond donors (Lipinski definition) is 1. The summed E-state index contributed by atoms with van der Waals surface area (Å²) in [6, 6.07) is 0.925. The zero-order chi connectivity index (χ0) is 12.8. The maximum absolute atomic E-state index is 6.33. The van der Waals surface area contributed by atoms with Gasteiger partial charge in [-0.1, -0.05) is 25.7 Å². The lowest BCUT2D eigenvalue weighted by molar-refractivity contribution is 0.0820. The standard InChI is InChI=1S/C15H30N2O/c1-17(10-11-18-12-13-8-9-13)15-7-5-3-2-4-6-14(15)16/h13-15H,2-12,16H2,1H3. The van der Waals surface area contributed by atoms with Crippen LogP contribution in [0.5, 0.6) is 0 Å². The molecule has 0 amide bonds. The summed E-state index contributed by atoms with van der Waals surface area (Å²) in [6.07, 6.45) is 10.6. The van der Waals surface area contributed by atoms with Gasteiger partial charge in [-0.2, -0.15) is 0 Å². The van der Waals surface area contributed by atoms with E-state index < -0.39 is 0 Å². The van der Waals surface area contributed by atoms with E-state index in [0.29, 0.717) is 12.1 Å². The molecule has 2 atom stereocenters. The van der Waals surface area contributed by atoms with E-state index in [1.807, 2.05) is 0 Å². The molecule has 2 aliphatic carbocycles. The average Bonchev–Trinajstić information content (AvgIpc) is 3.14. The van der Waals surface area contributed by atoms with Crippen LogP contribution >= 0.6 is 0 Å². The first-order valence-corrected chi connectivity index (χ1v) is 7.81. The molecule has 0 spiro atoms. The van der Waals surface area contributed by atoms with Gasteiger partial charge in [-0.15, -0.1) is 0 Å². The van der Waals surface area contributed by atoms with Gasteiger partial charge in [0.05, 0.1) is 6.61 Å². The Morgan fingerprint density at radius 3 is 2.50 bits per heavy atom. The highest BCUT2D eigenvalue weighted by Crippen LogP contribution is 2.28. The van der Waals surface area contributed by atoms with Crippen molar-refractivity contribution < 1.29 is 4.74 Å². The molecule has 2 N–H and O–H groups in total. The van der Waals surface area contributed by atoms with E-state index in [1.165, 1.54) is 51.4 Å². The Kier molecular flexibility index (Phi) is 5.93. The van der Waals surface area contributed by atoms with Crippen molar-refractivity contribution >= 4 is 0 Å². The molecule has 0 aliphatic heterocycles. The van der Waals surface area contributed by atoms with Crippen molar-refractivity contribution in [3.63, 3.8) is 0 Å². The summed E-state index contributed by atoms with van der Waals surface area (Å²) in [5.41, 5.74) is 6.33. The number of hydrogen-bond acceptors (Lipinski definition) is 3. The molecule has 0 aromatic carbocycles. The van der Waals surface area contributed by atoms with Crippen molar-refractivity contribution in [3.8, 4) is 0 Å². The first kappa shape index (κ1) is 14.3. The third kappa shape index (κ3) is 4.87. The average molecular weight is 254 g/mol. The second-order valence-electron chi connectivity index (χ2n) is 6.22. The van der Waals surface area contributed by atoms with Crippen molar-refractivity contribution in [2.75, 3.05) is 26.8 Å². The minimum Gasteiger partial charge on any atom is -0.380 e. The van der Waals surface area contributed by atoms with Crippen LogP contribution in [0.15, 0.2) is 0 Å². The van der Waals surface area contributed by atoms with Crippen LogP contribution in [0.1, 0.15) is 51.4 Å². The lowest BCUT2D eigenvalue weighted by Crippen LogP contribution is -2.47. The van der Waals surface area contributed by atoms with E-state index in [2.05, 4.69) is 11.9 Å². The summed E-state index contributed by atoms with van der Waals surface area (Å²) in [6.45, 7) is 2.88. The molecule has 3 heteroatoms. The van der Waals surface area contributed by atoms with E-state index in [1.54, 1.807) is 0 Å². The Balaban J connectivity index is 1.65. The Labute approximate surface area is 112 Å². The lowest BCUT2D eigenvalue weighted by Gasteiger charge is -2.34. The van der Waals surface area contributed by atoms with Gasteiger partial charge in [0.1, 0.15) is 0 Å². The fourth-order valence-electron chi connectivity index (χ4n) is 2.95. The summed E-state index contributed by atoms with van der Waals surface area (Å²) < 4.78 is 5.73. The summed E-state index contributed by atoms with van der Waals surface area (Å²) >= 11 is 0. The monoisotopic (exact) mass is 254 g/mol. The molecule has 0 heterocycles. The lowest BCUT2D eigenvalue weighted by atomic mass is 9.92. The van der Waals surface area contributed by atoms with Crippen LogP contribution in [0.4, 0.5) is 0 Å². The zero-order valence-corrected chi connectivity index (χ0v) is 11.9. The number of ether oxygens (including phenoxy) is 1. The van der Waals surface area contributed by atoms with Gasteiger partial charge in [0.2, 0.25) is 0 Å². The van der Waals surface area contributed by atoms with Crippen LogP contribution in [-0.2, 0) is 4.74 Å². The smallest absolute Gasteiger partial charge is 0.0593 e. The molecule has 0 aromatic heterocycles. The molecular weight excluding hydrogens is 224 g/mol. The zero-order valence-electron chi connectivity index (χ0n) is 11.9. The van der Waals surface area contributed by atoms with Crippen LogP contribution < -0.4 is 5.73 Å². The maximum Gasteiger partial charge on any atom is 0.0593 e. The second kappa shape index (κ2) is 7.46. The summed E-state index contributed by atoms with van der Waals surface area (Å²) in [4.78, 5) is 2.43. The quantitative estimate of drug-likeness (QED) is 0.740. The molecule has 2 unspecified atom stereocenters. The van der Waals surface area contributed by atoms with Crippen LogP contribution in [0, 0.1) is 5.92 Å². The summed E-state index contributed by atoms with van der Waals surface area (Å²) in [7, 11) is 2.21. The molecule has 0 bridgehead atoms. The Morgan fingerprint density at radius 2 is 1.78 bits per heavy atom. The van der Waals surface area contributed by atoms with E-state index in [-0.39, 0.29) is 0 Å². The third-order valence-corrected chi connectivity index (χ3v) is 4.49. The second-order valence-corrected chi connectivity index (χ2v) is 6.22. The van der Waals surface area contributed by atoms with E-state index in [4.69, 9.17) is 10.5 Å². The molecule has 2 rings (SSSR count). The van der Waals surface area contributed by atoms with Gasteiger partial charge in [0.15, 0.2) is 0 Å². The van der Waals surface area contributed by atoms with Gasteiger partial charge < -0.3 is 10.5 Å². The van der Waals surface area contributed by atoms with Crippen molar-refractivity contribution in [2.24, 2.45) is 11.7 Å². The Morgan fingerprint density at radius 1 is 1.06 bits per heavy atom. The van der Waals surface area contributed by atoms with Crippen molar-refractivity contribution in [3.05, 3.63) is 0 Å². The van der Waals surface area contributed by atoms with Gasteiger partial charge >= 0.3 is 0 Å². The van der Waals surface area contributed by atoms with Crippen molar-refractivity contribution in [1.82, 2.24) is 4.90 Å². The maximum atomic E-state index is 6.33. The number of nitrogens with zero attached hydrogens (tertiary/aromatic N) is 1. The van der Waals surface area contributed by atoms with Crippen LogP contribution in [0.25, 0.3) is 0 Å². The molecule has 18 heavy (non-hydrogen) atoms. The first-order valence-electron chi connectivity index (χ1n) is 7.81. The molecule has 2 saturated carbocycles. The SMILES string of the molecule is CN(CCOCC1CC1)C1CCCCCCC1N. The predicted octanol–water partition coefficient (Wildman–Crippen LogP) is 2.39. The summed E-state index contributed by atoms with van der Waals surface area (Å²) in [5, 5.41) is 0. The number of rotatable bonds is 6. The van der Waals surface area contributed by atoms with Crippen molar-refractivity contribution in [2.45, 2.75) is 63.5 Å². The normalized spacial score (nSPS) is 30.2. The molecule has 2 aliphatic rings. The molecule has 0 radical (unpaired) electrons. The third-order valence-electron chi connectivity index (χ3n) is 4.49. The minimum absolute atomic E-state index is 0.360. The van der Waals surface area contributed by atoms with E-state index in [0.717, 1.165) is 25.7 Å². The molecule has 0 saturated heterocycles. The van der Waals surface area contributed by atoms with Gasteiger partial charge in [-0.25, -0.2) is 0 Å². The van der Waals surface area contributed by atoms with Crippen LogP contribution in [0.2, 0.25) is 0 Å². The van der Waals surface area contributed by atoms with E-state index >= 15 is 0 Å². The molecule has 3 nitrogen and oxygen atoms in total. The van der Waals surface area contributed by atoms with E-state index in [9.17, 15) is 0 Å². The van der Waals surface area contributed by atoms with Gasteiger partial charge in [-0.05, 0) is 38.6 Å². The fourth-order valence-corrected chi connectivity index (χ4v) is 2.95. The predicted molar refractivity (Wildman–Crippen MR) is 75.6 cm³/mol. The van der Waals surface area contributed by atoms with Gasteiger partial charge in [0, 0.05) is 25.2 Å². The highest BCUT2D eigenvalue weighted by molar-refractivity contribution is 4.82. The topological polar surface area (TPSA) is 38.5 Å². The van der Waals surface area contributed by atoms with Crippen molar-refractivity contribution in [1.29, 1.82) is 0 Å². The largest absolute Gasteiger partial charge is 0.380 e. The van der Waals surface area contributed by atoms with Crippen LogP contribution in [-0.4, -0.2) is 43.8 Å². The molecular formula is C15H30N2O. The van der Waals surface area contributed by atoms with Crippen LogP contribution in [0.3, 0.4) is 0 Å². The summed E-state index contributed by atoms with van der Waals surface area (Å²) in [5.74, 6) is 0.874. The molecule has 2 fully saturated rings.